The fraction of sp³-hybridized carbons (Fsp3) is 0.227. The van der Waals surface area contributed by atoms with Crippen LogP contribution in [0.5, 0.6) is 23.0 Å². The Hall–Kier alpha value is -4.01. The Bertz CT molecular complexity index is 1170. The van der Waals surface area contributed by atoms with Gasteiger partial charge in [0.1, 0.15) is 16.9 Å². The summed E-state index contributed by atoms with van der Waals surface area (Å²) in [4.78, 5) is 36.6. The first kappa shape index (κ1) is 21.7. The van der Waals surface area contributed by atoms with Crippen molar-refractivity contribution in [2.45, 2.75) is 6.92 Å². The third-order valence-corrected chi connectivity index (χ3v) is 4.31. The van der Waals surface area contributed by atoms with Gasteiger partial charge in [-0.1, -0.05) is 0 Å². The van der Waals surface area contributed by atoms with Gasteiger partial charge in [0.25, 0.3) is 0 Å². The van der Waals surface area contributed by atoms with Crippen molar-refractivity contribution in [1.29, 1.82) is 0 Å². The van der Waals surface area contributed by atoms with E-state index in [2.05, 4.69) is 0 Å². The molecule has 0 fully saturated rings. The van der Waals surface area contributed by atoms with E-state index >= 15 is 0 Å². The van der Waals surface area contributed by atoms with Crippen LogP contribution in [0.25, 0.3) is 11.0 Å². The van der Waals surface area contributed by atoms with Crippen molar-refractivity contribution in [2.75, 3.05) is 27.9 Å². The fourth-order valence-electron chi connectivity index (χ4n) is 2.87. The van der Waals surface area contributed by atoms with E-state index in [1.807, 2.05) is 0 Å². The molecule has 0 bridgehead atoms. The zero-order valence-corrected chi connectivity index (χ0v) is 17.3. The third-order valence-electron chi connectivity index (χ3n) is 4.31. The van der Waals surface area contributed by atoms with Gasteiger partial charge in [-0.05, 0) is 37.3 Å². The van der Waals surface area contributed by atoms with Crippen LogP contribution in [0.2, 0.25) is 0 Å². The Morgan fingerprint density at radius 3 is 2.16 bits per heavy atom. The smallest absolute Gasteiger partial charge is 0.351 e. The lowest BCUT2D eigenvalue weighted by atomic mass is 10.1. The lowest BCUT2D eigenvalue weighted by molar-refractivity contribution is 0.0521. The van der Waals surface area contributed by atoms with Crippen LogP contribution in [0.4, 0.5) is 0 Å². The van der Waals surface area contributed by atoms with Crippen LogP contribution in [0, 0.1) is 0 Å². The number of hydrogen-bond donors (Lipinski definition) is 0. The Morgan fingerprint density at radius 2 is 1.58 bits per heavy atom. The Labute approximate surface area is 177 Å². The van der Waals surface area contributed by atoms with Crippen molar-refractivity contribution >= 4 is 22.9 Å². The topological polar surface area (TPSA) is 110 Å². The molecule has 0 N–H and O–H groups in total. The van der Waals surface area contributed by atoms with E-state index in [0.717, 1.165) is 0 Å². The maximum absolute atomic E-state index is 12.6. The predicted molar refractivity (Wildman–Crippen MR) is 109 cm³/mol. The number of ether oxygens (including phenoxy) is 5. The van der Waals surface area contributed by atoms with Gasteiger partial charge < -0.3 is 28.1 Å². The standard InChI is InChI=1S/C22H20O9/c1-5-29-21(24)15-8-12-6-7-14(11-16(12)31-22(15)25)30-20(23)13-9-17(26-2)19(28-4)18(10-13)27-3/h6-11H,5H2,1-4H3. The molecule has 0 amide bonds. The summed E-state index contributed by atoms with van der Waals surface area (Å²) in [5.74, 6) is -0.389. The molecule has 0 aliphatic rings. The average Bonchev–Trinajstić information content (AvgIpc) is 2.77. The lowest BCUT2D eigenvalue weighted by Gasteiger charge is -2.13. The molecule has 1 heterocycles. The second-order valence-electron chi connectivity index (χ2n) is 6.17. The van der Waals surface area contributed by atoms with Gasteiger partial charge in [-0.3, -0.25) is 0 Å². The number of esters is 2. The van der Waals surface area contributed by atoms with Gasteiger partial charge in [-0.25, -0.2) is 14.4 Å². The molecule has 0 unspecified atom stereocenters. The molecule has 1 aromatic heterocycles. The predicted octanol–water partition coefficient (Wildman–Crippen LogP) is 3.21. The number of methoxy groups -OCH3 is 3. The molecule has 162 valence electrons. The monoisotopic (exact) mass is 428 g/mol. The van der Waals surface area contributed by atoms with E-state index in [1.54, 1.807) is 13.0 Å². The summed E-state index contributed by atoms with van der Waals surface area (Å²) in [6.45, 7) is 1.77. The summed E-state index contributed by atoms with van der Waals surface area (Å²) < 4.78 is 31.1. The highest BCUT2D eigenvalue weighted by atomic mass is 16.5. The van der Waals surface area contributed by atoms with Gasteiger partial charge in [0, 0.05) is 11.5 Å². The molecule has 2 aromatic carbocycles. The van der Waals surface area contributed by atoms with E-state index in [9.17, 15) is 14.4 Å². The summed E-state index contributed by atoms with van der Waals surface area (Å²) >= 11 is 0. The average molecular weight is 428 g/mol. The van der Waals surface area contributed by atoms with Gasteiger partial charge >= 0.3 is 17.6 Å². The third kappa shape index (κ3) is 4.45. The first-order chi connectivity index (χ1) is 14.9. The molecule has 9 nitrogen and oxygen atoms in total. The largest absolute Gasteiger partial charge is 0.493 e. The molecule has 0 radical (unpaired) electrons. The van der Waals surface area contributed by atoms with Crippen molar-refractivity contribution in [3.05, 3.63) is 57.9 Å². The summed E-state index contributed by atoms with van der Waals surface area (Å²) in [6.07, 6.45) is 0. The van der Waals surface area contributed by atoms with Crippen LogP contribution >= 0.6 is 0 Å². The highest BCUT2D eigenvalue weighted by Crippen LogP contribution is 2.38. The number of hydrogen-bond acceptors (Lipinski definition) is 9. The normalized spacial score (nSPS) is 10.5. The number of carbonyl (C=O) groups is 2. The summed E-state index contributed by atoms with van der Waals surface area (Å²) in [7, 11) is 4.32. The molecule has 0 aliphatic heterocycles. The maximum atomic E-state index is 12.6. The second kappa shape index (κ2) is 9.21. The molecule has 31 heavy (non-hydrogen) atoms. The highest BCUT2D eigenvalue weighted by Gasteiger charge is 2.19. The van der Waals surface area contributed by atoms with E-state index < -0.39 is 17.6 Å². The minimum absolute atomic E-state index is 0.131. The summed E-state index contributed by atoms with van der Waals surface area (Å²) in [5, 5.41) is 0.468. The van der Waals surface area contributed by atoms with Crippen LogP contribution in [0.15, 0.2) is 45.6 Å². The summed E-state index contributed by atoms with van der Waals surface area (Å²) in [5.41, 5.74) is -0.752. The minimum Gasteiger partial charge on any atom is -0.493 e. The number of benzene rings is 2. The maximum Gasteiger partial charge on any atom is 0.351 e. The van der Waals surface area contributed by atoms with E-state index in [-0.39, 0.29) is 29.1 Å². The minimum atomic E-state index is -0.848. The Morgan fingerprint density at radius 1 is 0.903 bits per heavy atom. The van der Waals surface area contributed by atoms with E-state index in [1.165, 1.54) is 51.7 Å². The SMILES string of the molecule is CCOC(=O)c1cc2ccc(OC(=O)c3cc(OC)c(OC)c(OC)c3)cc2oc1=O. The molecule has 3 rings (SSSR count). The van der Waals surface area contributed by atoms with Crippen molar-refractivity contribution in [3.8, 4) is 23.0 Å². The number of rotatable bonds is 7. The van der Waals surface area contributed by atoms with Crippen LogP contribution in [-0.4, -0.2) is 39.9 Å². The molecule has 0 saturated carbocycles. The first-order valence-electron chi connectivity index (χ1n) is 9.19. The van der Waals surface area contributed by atoms with Crippen molar-refractivity contribution in [1.82, 2.24) is 0 Å². The van der Waals surface area contributed by atoms with Gasteiger partial charge in [0.2, 0.25) is 5.75 Å². The zero-order valence-electron chi connectivity index (χ0n) is 17.3. The van der Waals surface area contributed by atoms with Crippen LogP contribution in [0.1, 0.15) is 27.6 Å². The molecule has 0 spiro atoms. The fourth-order valence-corrected chi connectivity index (χ4v) is 2.87. The lowest BCUT2D eigenvalue weighted by Crippen LogP contribution is -2.16. The number of fused-ring (bicyclic) bond motifs is 1. The van der Waals surface area contributed by atoms with Gasteiger partial charge in [-0.15, -0.1) is 0 Å². The second-order valence-corrected chi connectivity index (χ2v) is 6.17. The van der Waals surface area contributed by atoms with E-state index in [4.69, 9.17) is 28.1 Å². The Kier molecular flexibility index (Phi) is 6.44. The van der Waals surface area contributed by atoms with E-state index in [0.29, 0.717) is 22.6 Å². The molecular formula is C22H20O9. The van der Waals surface area contributed by atoms with Crippen LogP contribution in [0.3, 0.4) is 0 Å². The van der Waals surface area contributed by atoms with Gasteiger partial charge in [0.15, 0.2) is 11.5 Å². The van der Waals surface area contributed by atoms with Crippen molar-refractivity contribution in [3.63, 3.8) is 0 Å². The van der Waals surface area contributed by atoms with Crippen molar-refractivity contribution in [2.24, 2.45) is 0 Å². The molecule has 0 saturated heterocycles. The first-order valence-corrected chi connectivity index (χ1v) is 9.19. The number of carbonyl (C=O) groups excluding carboxylic acids is 2. The molecular weight excluding hydrogens is 408 g/mol. The van der Waals surface area contributed by atoms with Crippen LogP contribution in [-0.2, 0) is 4.74 Å². The summed E-state index contributed by atoms with van der Waals surface area (Å²) in [6, 6.07) is 8.71. The molecule has 9 heteroatoms. The van der Waals surface area contributed by atoms with Crippen LogP contribution < -0.4 is 24.6 Å². The molecule has 0 aliphatic carbocycles. The molecule has 3 aromatic rings. The van der Waals surface area contributed by atoms with Crippen molar-refractivity contribution < 1.29 is 37.7 Å². The quantitative estimate of drug-likeness (QED) is 0.318. The Balaban J connectivity index is 1.91. The molecule has 0 atom stereocenters. The zero-order chi connectivity index (χ0) is 22.5. The van der Waals surface area contributed by atoms with Gasteiger partial charge in [-0.2, -0.15) is 0 Å². The highest BCUT2D eigenvalue weighted by molar-refractivity contribution is 5.94. The van der Waals surface area contributed by atoms with Gasteiger partial charge in [0.05, 0.1) is 33.5 Å².